The lowest BCUT2D eigenvalue weighted by Gasteiger charge is -2.15. The maximum Gasteiger partial charge on any atom is 0.167 e. The van der Waals surface area contributed by atoms with Gasteiger partial charge in [-0.3, -0.25) is 0 Å². The van der Waals surface area contributed by atoms with Gasteiger partial charge in [-0.05, 0) is 73.5 Å². The molecule has 0 spiro atoms. The topological polar surface area (TPSA) is 51.8 Å². The van der Waals surface area contributed by atoms with E-state index in [1.54, 1.807) is 0 Å². The first kappa shape index (κ1) is 34.3. The molecule has 0 bridgehead atoms. The number of benzene rings is 9. The molecule has 0 radical (unpaired) electrons. The van der Waals surface area contributed by atoms with Crippen LogP contribution in [0.1, 0.15) is 0 Å². The van der Waals surface area contributed by atoms with Crippen LogP contribution in [0, 0.1) is 0 Å². The molecule has 2 heterocycles. The summed E-state index contributed by atoms with van der Waals surface area (Å²) in [5.41, 5.74) is 13.3. The first-order valence-corrected chi connectivity index (χ1v) is 19.8. The van der Waals surface area contributed by atoms with Crippen LogP contribution in [-0.2, 0) is 0 Å². The van der Waals surface area contributed by atoms with E-state index in [1.165, 1.54) is 16.7 Å². The number of hydrogen-bond acceptors (Lipinski definition) is 4. The fourth-order valence-electron chi connectivity index (χ4n) is 8.21. The molecule has 0 N–H and O–H groups in total. The number of rotatable bonds is 7. The van der Waals surface area contributed by atoms with Crippen LogP contribution in [0.5, 0.6) is 0 Å². The highest BCUT2D eigenvalue weighted by Gasteiger charge is 2.21. The maximum absolute atomic E-state index is 6.55. The fraction of sp³-hybridized carbons (Fsp3) is 0. The third-order valence-electron chi connectivity index (χ3n) is 11.2. The molecule has 0 atom stereocenters. The summed E-state index contributed by atoms with van der Waals surface area (Å²) in [4.78, 5) is 15.9. The molecule has 9 aromatic carbocycles. The summed E-state index contributed by atoms with van der Waals surface area (Å²) in [6, 6.07) is 74.1. The highest BCUT2D eigenvalue weighted by molar-refractivity contribution is 6.09. The van der Waals surface area contributed by atoms with E-state index in [0.29, 0.717) is 17.5 Å². The Bertz CT molecular complexity index is 3300. The third kappa shape index (κ3) is 6.34. The SMILES string of the molecule is c1ccc(-c2ccc(-c3ccc4ccccc4c3-c3nc(-c4ccc(-c5cccc(-c6ccccc6)c5)cc4)nc(-c4cccc5c4oc4ccccc45)n3)cc2)cc1. The number of para-hydroxylation sites is 2. The maximum atomic E-state index is 6.55. The second-order valence-corrected chi connectivity index (χ2v) is 14.8. The monoisotopic (exact) mass is 753 g/mol. The minimum Gasteiger partial charge on any atom is -0.455 e. The highest BCUT2D eigenvalue weighted by atomic mass is 16.3. The lowest BCUT2D eigenvalue weighted by atomic mass is 9.92. The largest absolute Gasteiger partial charge is 0.455 e. The van der Waals surface area contributed by atoms with E-state index >= 15 is 0 Å². The third-order valence-corrected chi connectivity index (χ3v) is 11.2. The van der Waals surface area contributed by atoms with Gasteiger partial charge in [0.15, 0.2) is 17.5 Å². The van der Waals surface area contributed by atoms with Gasteiger partial charge in [0.1, 0.15) is 11.2 Å². The lowest BCUT2D eigenvalue weighted by molar-refractivity contribution is 0.669. The van der Waals surface area contributed by atoms with Crippen LogP contribution in [0.3, 0.4) is 0 Å². The number of hydrogen-bond donors (Lipinski definition) is 0. The van der Waals surface area contributed by atoms with Crippen LogP contribution in [-0.4, -0.2) is 15.0 Å². The Hall–Kier alpha value is -7.95. The van der Waals surface area contributed by atoms with Gasteiger partial charge in [0.2, 0.25) is 0 Å². The van der Waals surface area contributed by atoms with Gasteiger partial charge in [0.05, 0.1) is 5.56 Å². The van der Waals surface area contributed by atoms with Crippen LogP contribution in [0.2, 0.25) is 0 Å². The summed E-state index contributed by atoms with van der Waals surface area (Å²) in [6.07, 6.45) is 0. The van der Waals surface area contributed by atoms with Crippen molar-refractivity contribution in [2.75, 3.05) is 0 Å². The second kappa shape index (κ2) is 14.5. The van der Waals surface area contributed by atoms with Gasteiger partial charge in [0.25, 0.3) is 0 Å². The van der Waals surface area contributed by atoms with Crippen molar-refractivity contribution >= 4 is 32.7 Å². The van der Waals surface area contributed by atoms with Crippen molar-refractivity contribution in [2.24, 2.45) is 0 Å². The zero-order valence-corrected chi connectivity index (χ0v) is 32.0. The zero-order chi connectivity index (χ0) is 39.1. The van der Waals surface area contributed by atoms with Crippen molar-refractivity contribution in [3.05, 3.63) is 212 Å². The molecule has 276 valence electrons. The van der Waals surface area contributed by atoms with E-state index in [0.717, 1.165) is 77.2 Å². The van der Waals surface area contributed by atoms with Crippen molar-refractivity contribution < 1.29 is 4.42 Å². The summed E-state index contributed by atoms with van der Waals surface area (Å²) in [7, 11) is 0. The van der Waals surface area contributed by atoms with Gasteiger partial charge < -0.3 is 4.42 Å². The van der Waals surface area contributed by atoms with Gasteiger partial charge in [-0.1, -0.05) is 194 Å². The lowest BCUT2D eigenvalue weighted by Crippen LogP contribution is -2.02. The molecule has 59 heavy (non-hydrogen) atoms. The number of nitrogens with zero attached hydrogens (tertiary/aromatic N) is 3. The first-order chi connectivity index (χ1) is 29.2. The Morgan fingerprint density at radius 2 is 0.797 bits per heavy atom. The molecule has 0 aliphatic heterocycles. The van der Waals surface area contributed by atoms with Crippen molar-refractivity contribution in [1.82, 2.24) is 15.0 Å². The molecular weight excluding hydrogens is 719 g/mol. The molecule has 2 aromatic heterocycles. The predicted molar refractivity (Wildman–Crippen MR) is 243 cm³/mol. The van der Waals surface area contributed by atoms with Crippen LogP contribution in [0.4, 0.5) is 0 Å². The number of furan rings is 1. The molecule has 0 saturated heterocycles. The molecule has 0 aliphatic carbocycles. The molecule has 0 saturated carbocycles. The molecule has 4 heteroatoms. The molecule has 0 amide bonds. The zero-order valence-electron chi connectivity index (χ0n) is 32.0. The van der Waals surface area contributed by atoms with Crippen LogP contribution in [0.25, 0.3) is 111 Å². The molecular formula is C55H35N3O. The number of aromatic nitrogens is 3. The summed E-state index contributed by atoms with van der Waals surface area (Å²) >= 11 is 0. The minimum atomic E-state index is 0.549. The average molecular weight is 754 g/mol. The Morgan fingerprint density at radius 3 is 1.54 bits per heavy atom. The predicted octanol–water partition coefficient (Wildman–Crippen LogP) is 14.6. The van der Waals surface area contributed by atoms with Crippen LogP contribution in [0.15, 0.2) is 217 Å². The summed E-state index contributed by atoms with van der Waals surface area (Å²) in [6.45, 7) is 0. The Kier molecular flexibility index (Phi) is 8.45. The molecule has 0 fully saturated rings. The van der Waals surface area contributed by atoms with Gasteiger partial charge in [-0.25, -0.2) is 15.0 Å². The van der Waals surface area contributed by atoms with Crippen LogP contribution < -0.4 is 0 Å². The number of fused-ring (bicyclic) bond motifs is 4. The van der Waals surface area contributed by atoms with Gasteiger partial charge >= 0.3 is 0 Å². The molecule has 0 unspecified atom stereocenters. The van der Waals surface area contributed by atoms with Crippen molar-refractivity contribution in [3.63, 3.8) is 0 Å². The summed E-state index contributed by atoms with van der Waals surface area (Å²) in [5, 5.41) is 4.25. The molecule has 11 rings (SSSR count). The first-order valence-electron chi connectivity index (χ1n) is 19.8. The average Bonchev–Trinajstić information content (AvgIpc) is 3.71. The van der Waals surface area contributed by atoms with E-state index < -0.39 is 0 Å². The highest BCUT2D eigenvalue weighted by Crippen LogP contribution is 2.40. The van der Waals surface area contributed by atoms with E-state index in [1.807, 2.05) is 36.4 Å². The van der Waals surface area contributed by atoms with Crippen LogP contribution >= 0.6 is 0 Å². The van der Waals surface area contributed by atoms with E-state index in [4.69, 9.17) is 19.4 Å². The van der Waals surface area contributed by atoms with Gasteiger partial charge in [0, 0.05) is 21.9 Å². The molecule has 0 aliphatic rings. The van der Waals surface area contributed by atoms with Crippen molar-refractivity contribution in [1.29, 1.82) is 0 Å². The van der Waals surface area contributed by atoms with Gasteiger partial charge in [-0.15, -0.1) is 0 Å². The van der Waals surface area contributed by atoms with Gasteiger partial charge in [-0.2, -0.15) is 0 Å². The van der Waals surface area contributed by atoms with E-state index in [2.05, 4.69) is 176 Å². The minimum absolute atomic E-state index is 0.549. The van der Waals surface area contributed by atoms with E-state index in [-0.39, 0.29) is 0 Å². The normalized spacial score (nSPS) is 11.4. The van der Waals surface area contributed by atoms with Crippen molar-refractivity contribution in [3.8, 4) is 78.7 Å². The standard InChI is InChI=1S/C55H35N3O/c1-3-13-36(14-4-1)38-25-29-41(30-26-38)46-34-33-40-17-7-8-20-45(40)51(46)55-57-53(56-54(58-55)49-23-12-22-48-47-21-9-10-24-50(47)59-52(48)49)42-31-27-39(28-32-42)44-19-11-18-43(35-44)37-15-5-2-6-16-37/h1-35H. The quantitative estimate of drug-likeness (QED) is 0.163. The Balaban J connectivity index is 1.10. The fourth-order valence-corrected chi connectivity index (χ4v) is 8.21. The summed E-state index contributed by atoms with van der Waals surface area (Å²) in [5.74, 6) is 1.73. The summed E-state index contributed by atoms with van der Waals surface area (Å²) < 4.78 is 6.55. The molecule has 11 aromatic rings. The van der Waals surface area contributed by atoms with E-state index in [9.17, 15) is 0 Å². The second-order valence-electron chi connectivity index (χ2n) is 14.8. The Morgan fingerprint density at radius 1 is 0.288 bits per heavy atom. The smallest absolute Gasteiger partial charge is 0.167 e. The Labute approximate surface area is 341 Å². The van der Waals surface area contributed by atoms with Crippen molar-refractivity contribution in [2.45, 2.75) is 0 Å². The molecule has 4 nitrogen and oxygen atoms in total.